The number of rotatable bonds is 1. The molecule has 1 rings (SSSR count). The monoisotopic (exact) mass is 199 g/mol. The van der Waals surface area contributed by atoms with Gasteiger partial charge in [-0.15, -0.1) is 5.73 Å². The highest BCUT2D eigenvalue weighted by Gasteiger charge is 2.19. The van der Waals surface area contributed by atoms with Gasteiger partial charge in [-0.05, 0) is 18.4 Å². The number of hydrogen-bond acceptors (Lipinski definition) is 1. The van der Waals surface area contributed by atoms with Gasteiger partial charge in [0.05, 0.1) is 0 Å². The third-order valence-corrected chi connectivity index (χ3v) is 2.17. The molecule has 0 aromatic heterocycles. The summed E-state index contributed by atoms with van der Waals surface area (Å²) < 4.78 is 24.3. The number of carbonyl (C=O) groups is 1. The first-order chi connectivity index (χ1) is 6.65. The zero-order valence-electron chi connectivity index (χ0n) is 7.72. The first-order valence-electron chi connectivity index (χ1n) is 4.33. The molecule has 0 aromatic carbocycles. The van der Waals surface area contributed by atoms with Gasteiger partial charge < -0.3 is 4.90 Å². The van der Waals surface area contributed by atoms with Crippen molar-refractivity contribution >= 4 is 5.91 Å². The lowest BCUT2D eigenvalue weighted by atomic mass is 10.1. The van der Waals surface area contributed by atoms with E-state index in [0.717, 1.165) is 0 Å². The van der Waals surface area contributed by atoms with Gasteiger partial charge in [0.1, 0.15) is 0 Å². The minimum absolute atomic E-state index is 0.164. The van der Waals surface area contributed by atoms with E-state index in [0.29, 0.717) is 13.1 Å². The van der Waals surface area contributed by atoms with Crippen LogP contribution in [-0.4, -0.2) is 23.9 Å². The lowest BCUT2D eigenvalue weighted by Gasteiger charge is -2.26. The van der Waals surface area contributed by atoms with Gasteiger partial charge >= 0.3 is 0 Å². The Morgan fingerprint density at radius 1 is 1.43 bits per heavy atom. The summed E-state index contributed by atoms with van der Waals surface area (Å²) in [5.41, 5.74) is 2.54. The Labute approximate surface area is 81.2 Å². The van der Waals surface area contributed by atoms with Crippen LogP contribution in [0.4, 0.5) is 8.78 Å². The van der Waals surface area contributed by atoms with E-state index in [1.807, 2.05) is 0 Å². The molecule has 0 atom stereocenters. The summed E-state index contributed by atoms with van der Waals surface area (Å²) in [5, 5.41) is 0. The van der Waals surface area contributed by atoms with Gasteiger partial charge in [-0.3, -0.25) is 4.79 Å². The summed E-state index contributed by atoms with van der Waals surface area (Å²) >= 11 is 0. The maximum Gasteiger partial charge on any atom is 0.269 e. The molecule has 0 unspecified atom stereocenters. The van der Waals surface area contributed by atoms with Crippen molar-refractivity contribution in [2.75, 3.05) is 13.1 Å². The highest BCUT2D eigenvalue weighted by atomic mass is 19.3. The second-order valence-corrected chi connectivity index (χ2v) is 3.04. The third kappa shape index (κ3) is 2.54. The minimum atomic E-state index is -1.60. The van der Waals surface area contributed by atoms with E-state index in [9.17, 15) is 13.6 Å². The fourth-order valence-corrected chi connectivity index (χ4v) is 1.36. The fraction of sp³-hybridized carbons (Fsp3) is 0.400. The fourth-order valence-electron chi connectivity index (χ4n) is 1.36. The molecule has 1 aliphatic rings. The molecule has 14 heavy (non-hydrogen) atoms. The van der Waals surface area contributed by atoms with Crippen molar-refractivity contribution < 1.29 is 13.6 Å². The Bertz CT molecular complexity index is 302. The van der Waals surface area contributed by atoms with Gasteiger partial charge in [0.2, 0.25) is 0 Å². The van der Waals surface area contributed by atoms with E-state index in [1.54, 1.807) is 0 Å². The lowest BCUT2D eigenvalue weighted by molar-refractivity contribution is -0.126. The number of carbonyl (C=O) groups excluding carboxylic acids is 1. The molecular formula is C10H11F2NO. The van der Waals surface area contributed by atoms with E-state index in [4.69, 9.17) is 0 Å². The van der Waals surface area contributed by atoms with Crippen LogP contribution in [-0.2, 0) is 4.79 Å². The van der Waals surface area contributed by atoms with Crippen molar-refractivity contribution in [1.29, 1.82) is 0 Å². The van der Waals surface area contributed by atoms with Gasteiger partial charge in [-0.25, -0.2) is 0 Å². The summed E-state index contributed by atoms with van der Waals surface area (Å²) in [5.74, 6) is -0.210. The number of hydrogen-bond donors (Lipinski definition) is 0. The number of likely N-dealkylation sites (tertiary alicyclic amines) is 1. The third-order valence-electron chi connectivity index (χ3n) is 2.17. The van der Waals surface area contributed by atoms with Crippen molar-refractivity contribution in [2.45, 2.75) is 12.8 Å². The first kappa shape index (κ1) is 10.7. The van der Waals surface area contributed by atoms with Crippen molar-refractivity contribution in [2.24, 2.45) is 0 Å². The predicted molar refractivity (Wildman–Crippen MR) is 48.8 cm³/mol. The summed E-state index contributed by atoms with van der Waals surface area (Å²) in [4.78, 5) is 12.8. The van der Waals surface area contributed by atoms with E-state index in [-0.39, 0.29) is 24.3 Å². The number of piperidine rings is 1. The van der Waals surface area contributed by atoms with Crippen LogP contribution in [0.25, 0.3) is 0 Å². The normalized spacial score (nSPS) is 16.1. The van der Waals surface area contributed by atoms with Crippen LogP contribution in [0.2, 0.25) is 0 Å². The molecule has 1 saturated heterocycles. The molecule has 0 saturated carbocycles. The summed E-state index contributed by atoms with van der Waals surface area (Å²) in [6.07, 6.45) is 0.148. The lowest BCUT2D eigenvalue weighted by Crippen LogP contribution is -2.35. The second kappa shape index (κ2) is 4.72. The number of halogens is 2. The molecule has 1 heterocycles. The van der Waals surface area contributed by atoms with Gasteiger partial charge in [-0.1, -0.05) is 6.58 Å². The molecule has 0 radical (unpaired) electrons. The molecule has 1 fully saturated rings. The Morgan fingerprint density at radius 3 is 2.43 bits per heavy atom. The molecule has 4 heteroatoms. The van der Waals surface area contributed by atoms with Crippen LogP contribution >= 0.6 is 0 Å². The van der Waals surface area contributed by atoms with Crippen LogP contribution in [0.1, 0.15) is 12.8 Å². The molecule has 76 valence electrons. The predicted octanol–water partition coefficient (Wildman–Crippen LogP) is 2.10. The average Bonchev–Trinajstić information content (AvgIpc) is 2.18. The Morgan fingerprint density at radius 2 is 2.00 bits per heavy atom. The Hall–Kier alpha value is -1.41. The largest absolute Gasteiger partial charge is 0.338 e. The first-order valence-corrected chi connectivity index (χ1v) is 4.33. The number of amides is 1. The van der Waals surface area contributed by atoms with E-state index in [1.165, 1.54) is 11.0 Å². The standard InChI is InChI=1S/C10H11F2NO/c1-2-3-9(14)13-6-4-8(5-7-13)10(11)12/h3H,1,4-7H2. The van der Waals surface area contributed by atoms with E-state index >= 15 is 0 Å². The molecule has 1 amide bonds. The van der Waals surface area contributed by atoms with Crippen LogP contribution < -0.4 is 0 Å². The van der Waals surface area contributed by atoms with Crippen LogP contribution in [0, 0.1) is 0 Å². The molecule has 0 bridgehead atoms. The summed E-state index contributed by atoms with van der Waals surface area (Å²) in [6.45, 7) is 3.98. The molecule has 0 spiro atoms. The van der Waals surface area contributed by atoms with E-state index in [2.05, 4.69) is 12.3 Å². The zero-order valence-corrected chi connectivity index (χ0v) is 7.72. The Balaban J connectivity index is 2.55. The molecule has 0 aliphatic carbocycles. The molecule has 1 aliphatic heterocycles. The molecule has 0 aromatic rings. The van der Waals surface area contributed by atoms with Gasteiger partial charge in [0.15, 0.2) is 0 Å². The second-order valence-electron chi connectivity index (χ2n) is 3.04. The van der Waals surface area contributed by atoms with Crippen LogP contribution in [0.5, 0.6) is 0 Å². The van der Waals surface area contributed by atoms with Crippen LogP contribution in [0.15, 0.2) is 30.0 Å². The van der Waals surface area contributed by atoms with Crippen molar-refractivity contribution in [3.05, 3.63) is 30.0 Å². The van der Waals surface area contributed by atoms with Crippen molar-refractivity contribution in [1.82, 2.24) is 4.90 Å². The van der Waals surface area contributed by atoms with Gasteiger partial charge in [-0.2, -0.15) is 8.78 Å². The maximum absolute atomic E-state index is 12.1. The highest BCUT2D eigenvalue weighted by Crippen LogP contribution is 2.21. The maximum atomic E-state index is 12.1. The topological polar surface area (TPSA) is 20.3 Å². The number of nitrogens with zero attached hydrogens (tertiary/aromatic N) is 1. The zero-order chi connectivity index (χ0) is 10.6. The molecule has 0 N–H and O–H groups in total. The van der Waals surface area contributed by atoms with Gasteiger partial charge in [0, 0.05) is 19.2 Å². The summed E-state index contributed by atoms with van der Waals surface area (Å²) in [6, 6.07) is 0. The van der Waals surface area contributed by atoms with Crippen molar-refractivity contribution in [3.63, 3.8) is 0 Å². The quantitative estimate of drug-likeness (QED) is 0.468. The van der Waals surface area contributed by atoms with Crippen LogP contribution in [0.3, 0.4) is 0 Å². The Kier molecular flexibility index (Phi) is 3.60. The van der Waals surface area contributed by atoms with Crippen molar-refractivity contribution in [3.8, 4) is 0 Å². The van der Waals surface area contributed by atoms with E-state index < -0.39 is 6.08 Å². The van der Waals surface area contributed by atoms with Gasteiger partial charge in [0.25, 0.3) is 12.0 Å². The smallest absolute Gasteiger partial charge is 0.269 e. The summed E-state index contributed by atoms with van der Waals surface area (Å²) in [7, 11) is 0. The molecular weight excluding hydrogens is 188 g/mol. The highest BCUT2D eigenvalue weighted by molar-refractivity contribution is 5.87. The average molecular weight is 199 g/mol. The SMILES string of the molecule is C=C=CC(=O)N1CCC(=C(F)F)CC1. The minimum Gasteiger partial charge on any atom is -0.338 e. The molecule has 2 nitrogen and oxygen atoms in total.